The fraction of sp³-hybridized carbons (Fsp3) is 0.500. The lowest BCUT2D eigenvalue weighted by Crippen LogP contribution is -2.28. The Morgan fingerprint density at radius 2 is 2.33 bits per heavy atom. The molecule has 0 bridgehead atoms. The minimum atomic E-state index is 0.596. The molecule has 1 heterocycles. The van der Waals surface area contributed by atoms with Crippen molar-refractivity contribution in [2.45, 2.75) is 23.7 Å². The van der Waals surface area contributed by atoms with E-state index in [2.05, 4.69) is 23.7 Å². The molecular weight excluding hydrogens is 226 g/mol. The topological polar surface area (TPSA) is 12.0 Å². The van der Waals surface area contributed by atoms with Crippen LogP contribution in [0.3, 0.4) is 0 Å². The van der Waals surface area contributed by atoms with E-state index in [9.17, 15) is 0 Å². The summed E-state index contributed by atoms with van der Waals surface area (Å²) in [5, 5.41) is 4.35. The van der Waals surface area contributed by atoms with Gasteiger partial charge in [-0.3, -0.25) is 0 Å². The van der Waals surface area contributed by atoms with Crippen LogP contribution in [0.15, 0.2) is 23.1 Å². The Kier molecular flexibility index (Phi) is 3.95. The monoisotopic (exact) mass is 241 g/mol. The first-order valence-corrected chi connectivity index (χ1v) is 6.95. The molecule has 0 radical (unpaired) electrons. The molecule has 0 aromatic heterocycles. The number of benzene rings is 1. The van der Waals surface area contributed by atoms with Crippen molar-refractivity contribution in [2.24, 2.45) is 0 Å². The van der Waals surface area contributed by atoms with Crippen molar-refractivity contribution in [3.8, 4) is 0 Å². The van der Waals surface area contributed by atoms with E-state index in [0.29, 0.717) is 5.92 Å². The largest absolute Gasteiger partial charge is 0.316 e. The zero-order valence-corrected chi connectivity index (χ0v) is 10.5. The van der Waals surface area contributed by atoms with E-state index >= 15 is 0 Å². The van der Waals surface area contributed by atoms with Gasteiger partial charge in [-0.15, -0.1) is 11.8 Å². The Bertz CT molecular complexity index is 334. The zero-order valence-electron chi connectivity index (χ0n) is 8.92. The molecule has 2 rings (SSSR count). The van der Waals surface area contributed by atoms with Crippen LogP contribution in [0, 0.1) is 0 Å². The summed E-state index contributed by atoms with van der Waals surface area (Å²) in [6.45, 7) is 2.22. The van der Waals surface area contributed by atoms with Crippen LogP contribution >= 0.6 is 23.4 Å². The van der Waals surface area contributed by atoms with Gasteiger partial charge in [-0.25, -0.2) is 0 Å². The van der Waals surface area contributed by atoms with E-state index in [1.165, 1.54) is 23.3 Å². The fourth-order valence-corrected chi connectivity index (χ4v) is 2.80. The summed E-state index contributed by atoms with van der Waals surface area (Å²) in [4.78, 5) is 1.31. The van der Waals surface area contributed by atoms with Gasteiger partial charge in [0.1, 0.15) is 0 Å². The average molecular weight is 242 g/mol. The van der Waals surface area contributed by atoms with Crippen molar-refractivity contribution < 1.29 is 0 Å². The molecular formula is C12H16ClNS. The second kappa shape index (κ2) is 5.24. The van der Waals surface area contributed by atoms with Crippen molar-refractivity contribution in [3.05, 3.63) is 28.8 Å². The van der Waals surface area contributed by atoms with Crippen LogP contribution in [0.25, 0.3) is 0 Å². The van der Waals surface area contributed by atoms with Gasteiger partial charge in [-0.2, -0.15) is 0 Å². The van der Waals surface area contributed by atoms with Crippen LogP contribution in [0.4, 0.5) is 0 Å². The summed E-state index contributed by atoms with van der Waals surface area (Å²) in [6.07, 6.45) is 4.61. The zero-order chi connectivity index (χ0) is 10.7. The van der Waals surface area contributed by atoms with Gasteiger partial charge in [0, 0.05) is 16.5 Å². The van der Waals surface area contributed by atoms with Gasteiger partial charge in [0.25, 0.3) is 0 Å². The highest BCUT2D eigenvalue weighted by atomic mass is 35.5. The summed E-state index contributed by atoms with van der Waals surface area (Å²) in [5.74, 6) is 0.596. The first-order valence-electron chi connectivity index (χ1n) is 5.35. The summed E-state index contributed by atoms with van der Waals surface area (Å²) in [5.41, 5.74) is 1.32. The highest BCUT2D eigenvalue weighted by Gasteiger charge is 2.17. The van der Waals surface area contributed by atoms with Crippen LogP contribution in [-0.2, 0) is 0 Å². The highest BCUT2D eigenvalue weighted by molar-refractivity contribution is 7.98. The van der Waals surface area contributed by atoms with Gasteiger partial charge in [-0.05, 0) is 55.3 Å². The first-order chi connectivity index (χ1) is 7.31. The minimum Gasteiger partial charge on any atom is -0.316 e. The summed E-state index contributed by atoms with van der Waals surface area (Å²) in [6, 6.07) is 6.36. The smallest absolute Gasteiger partial charge is 0.0442 e. The van der Waals surface area contributed by atoms with Gasteiger partial charge in [-0.1, -0.05) is 11.6 Å². The molecule has 0 saturated carbocycles. The summed E-state index contributed by atoms with van der Waals surface area (Å²) in [7, 11) is 0. The molecule has 1 unspecified atom stereocenters. The molecule has 1 aliphatic heterocycles. The summed E-state index contributed by atoms with van der Waals surface area (Å²) < 4.78 is 0. The molecule has 0 spiro atoms. The lowest BCUT2D eigenvalue weighted by molar-refractivity contribution is 0.461. The van der Waals surface area contributed by atoms with E-state index in [1.807, 2.05) is 6.07 Å². The van der Waals surface area contributed by atoms with Crippen LogP contribution in [0.5, 0.6) is 0 Å². The van der Waals surface area contributed by atoms with E-state index < -0.39 is 0 Å². The van der Waals surface area contributed by atoms with Crippen LogP contribution in [0.1, 0.15) is 24.3 Å². The van der Waals surface area contributed by atoms with Crippen LogP contribution in [0.2, 0.25) is 5.02 Å². The SMILES string of the molecule is CSc1ccc(Cl)c(C2CCCNC2)c1. The molecule has 3 heteroatoms. The van der Waals surface area contributed by atoms with Gasteiger partial charge >= 0.3 is 0 Å². The fourth-order valence-electron chi connectivity index (χ4n) is 2.08. The molecule has 1 aromatic carbocycles. The molecule has 82 valence electrons. The Labute approximate surface area is 101 Å². The van der Waals surface area contributed by atoms with Gasteiger partial charge in [0.15, 0.2) is 0 Å². The second-order valence-electron chi connectivity index (χ2n) is 3.93. The predicted octanol–water partition coefficient (Wildman–Crippen LogP) is 3.53. The van der Waals surface area contributed by atoms with E-state index in [-0.39, 0.29) is 0 Å². The first kappa shape index (κ1) is 11.3. The van der Waals surface area contributed by atoms with Gasteiger partial charge in [0.2, 0.25) is 0 Å². The lowest BCUT2D eigenvalue weighted by atomic mass is 9.92. The number of nitrogens with one attached hydrogen (secondary N) is 1. The van der Waals surface area contributed by atoms with E-state index in [4.69, 9.17) is 11.6 Å². The summed E-state index contributed by atoms with van der Waals surface area (Å²) >= 11 is 8.03. The van der Waals surface area contributed by atoms with Crippen molar-refractivity contribution in [1.82, 2.24) is 5.32 Å². The third-order valence-corrected chi connectivity index (χ3v) is 4.01. The molecule has 1 aromatic rings. The third kappa shape index (κ3) is 2.68. The van der Waals surface area contributed by atoms with E-state index in [1.54, 1.807) is 11.8 Å². The molecule has 0 amide bonds. The number of piperidine rings is 1. The average Bonchev–Trinajstić information content (AvgIpc) is 2.31. The third-order valence-electron chi connectivity index (χ3n) is 2.94. The van der Waals surface area contributed by atoms with Gasteiger partial charge < -0.3 is 5.32 Å². The quantitative estimate of drug-likeness (QED) is 0.796. The number of rotatable bonds is 2. The Morgan fingerprint density at radius 1 is 1.47 bits per heavy atom. The Balaban J connectivity index is 2.24. The lowest BCUT2D eigenvalue weighted by Gasteiger charge is -2.24. The molecule has 1 nitrogen and oxygen atoms in total. The Hall–Kier alpha value is -0.180. The highest BCUT2D eigenvalue weighted by Crippen LogP contribution is 2.32. The maximum atomic E-state index is 6.25. The minimum absolute atomic E-state index is 0.596. The maximum absolute atomic E-state index is 6.25. The van der Waals surface area contributed by atoms with Crippen LogP contribution in [-0.4, -0.2) is 19.3 Å². The predicted molar refractivity (Wildman–Crippen MR) is 68.1 cm³/mol. The van der Waals surface area contributed by atoms with E-state index in [0.717, 1.165) is 18.1 Å². The van der Waals surface area contributed by atoms with Crippen LogP contribution < -0.4 is 5.32 Å². The molecule has 1 saturated heterocycles. The molecule has 1 atom stereocenters. The molecule has 1 N–H and O–H groups in total. The molecule has 1 aliphatic rings. The maximum Gasteiger partial charge on any atom is 0.0442 e. The second-order valence-corrected chi connectivity index (χ2v) is 5.22. The standard InChI is InChI=1S/C12H16ClNS/c1-15-10-4-5-12(13)11(7-10)9-3-2-6-14-8-9/h4-5,7,9,14H,2-3,6,8H2,1H3. The molecule has 0 aliphatic carbocycles. The normalized spacial score (nSPS) is 21.6. The van der Waals surface area contributed by atoms with Gasteiger partial charge in [0.05, 0.1) is 0 Å². The van der Waals surface area contributed by atoms with Crippen molar-refractivity contribution in [3.63, 3.8) is 0 Å². The molecule has 15 heavy (non-hydrogen) atoms. The molecule has 1 fully saturated rings. The van der Waals surface area contributed by atoms with Crippen molar-refractivity contribution in [2.75, 3.05) is 19.3 Å². The number of thioether (sulfide) groups is 1. The number of hydrogen-bond acceptors (Lipinski definition) is 2. The van der Waals surface area contributed by atoms with Crippen molar-refractivity contribution in [1.29, 1.82) is 0 Å². The Morgan fingerprint density at radius 3 is 3.00 bits per heavy atom. The van der Waals surface area contributed by atoms with Crippen molar-refractivity contribution >= 4 is 23.4 Å². The number of halogens is 1. The number of hydrogen-bond donors (Lipinski definition) is 1.